The number of amides is 1. The third-order valence-electron chi connectivity index (χ3n) is 4.55. The van der Waals surface area contributed by atoms with Gasteiger partial charge in [0, 0.05) is 26.7 Å². The van der Waals surface area contributed by atoms with Crippen LogP contribution in [-0.2, 0) is 26.1 Å². The van der Waals surface area contributed by atoms with Gasteiger partial charge < -0.3 is 9.64 Å². The van der Waals surface area contributed by atoms with Gasteiger partial charge in [-0.3, -0.25) is 4.79 Å². The van der Waals surface area contributed by atoms with Crippen LogP contribution in [0.4, 0.5) is 8.78 Å². The largest absolute Gasteiger partial charge is 0.452 e. The van der Waals surface area contributed by atoms with Gasteiger partial charge in [0.25, 0.3) is 5.91 Å². The molecule has 0 unspecified atom stereocenters. The van der Waals surface area contributed by atoms with Crippen molar-refractivity contribution >= 4 is 21.9 Å². The first-order valence-electron chi connectivity index (χ1n) is 9.55. The average molecular weight is 454 g/mol. The average Bonchev–Trinajstić information content (AvgIpc) is 2.72. The number of likely N-dealkylation sites (N-methyl/N-ethyl adjacent to an activating group) is 1. The van der Waals surface area contributed by atoms with Crippen molar-refractivity contribution < 1.29 is 31.5 Å². The number of benzene rings is 2. The van der Waals surface area contributed by atoms with E-state index < -0.39 is 45.0 Å². The van der Waals surface area contributed by atoms with Gasteiger partial charge in [0.2, 0.25) is 10.0 Å². The first-order chi connectivity index (χ1) is 14.6. The first kappa shape index (κ1) is 24.4. The van der Waals surface area contributed by atoms with Gasteiger partial charge in [0.15, 0.2) is 6.61 Å². The smallest absolute Gasteiger partial charge is 0.338 e. The number of carbonyl (C=O) groups excluding carboxylic acids is 2. The molecule has 0 aliphatic carbocycles. The second-order valence-corrected chi connectivity index (χ2v) is 8.60. The van der Waals surface area contributed by atoms with E-state index in [2.05, 4.69) is 0 Å². The van der Waals surface area contributed by atoms with E-state index in [-0.39, 0.29) is 25.2 Å². The van der Waals surface area contributed by atoms with E-state index in [0.717, 1.165) is 22.5 Å². The standard InChI is InChI=1S/C21H24F2N2O5S/c1-4-25(5-2)31(28,29)19-12-16(9-10-18(19)23)21(27)30-14-20(26)24(3)13-15-7-6-8-17(22)11-15/h6-12H,4-5,13-14H2,1-3H3. The Morgan fingerprint density at radius 2 is 1.71 bits per heavy atom. The number of carbonyl (C=O) groups is 2. The summed E-state index contributed by atoms with van der Waals surface area (Å²) in [7, 11) is -2.66. The summed E-state index contributed by atoms with van der Waals surface area (Å²) < 4.78 is 58.6. The number of sulfonamides is 1. The zero-order valence-corrected chi connectivity index (χ0v) is 18.3. The fourth-order valence-corrected chi connectivity index (χ4v) is 4.40. The van der Waals surface area contributed by atoms with Gasteiger partial charge in [0.1, 0.15) is 16.5 Å². The van der Waals surface area contributed by atoms with Gasteiger partial charge in [0.05, 0.1) is 5.56 Å². The van der Waals surface area contributed by atoms with Crippen LogP contribution < -0.4 is 0 Å². The molecule has 0 radical (unpaired) electrons. The SMILES string of the molecule is CCN(CC)S(=O)(=O)c1cc(C(=O)OCC(=O)N(C)Cc2cccc(F)c2)ccc1F. The summed E-state index contributed by atoms with van der Waals surface area (Å²) in [6.45, 7) is 3.00. The summed E-state index contributed by atoms with van der Waals surface area (Å²) >= 11 is 0. The van der Waals surface area contributed by atoms with Gasteiger partial charge in [-0.15, -0.1) is 0 Å². The summed E-state index contributed by atoms with van der Waals surface area (Å²) in [6.07, 6.45) is 0. The summed E-state index contributed by atoms with van der Waals surface area (Å²) in [4.78, 5) is 25.1. The Morgan fingerprint density at radius 3 is 2.32 bits per heavy atom. The quantitative estimate of drug-likeness (QED) is 0.544. The molecular weight excluding hydrogens is 430 g/mol. The Bertz CT molecular complexity index is 1060. The maximum absolute atomic E-state index is 14.2. The van der Waals surface area contributed by atoms with Crippen LogP contribution in [0.25, 0.3) is 0 Å². The Kier molecular flexibility index (Phi) is 8.23. The third kappa shape index (κ3) is 6.08. The molecule has 1 amide bonds. The summed E-state index contributed by atoms with van der Waals surface area (Å²) in [5, 5.41) is 0. The van der Waals surface area contributed by atoms with Crippen LogP contribution in [0.5, 0.6) is 0 Å². The van der Waals surface area contributed by atoms with Gasteiger partial charge in [-0.25, -0.2) is 22.0 Å². The summed E-state index contributed by atoms with van der Waals surface area (Å²) in [5.74, 6) is -2.94. The highest BCUT2D eigenvalue weighted by atomic mass is 32.2. The van der Waals surface area contributed by atoms with Crippen LogP contribution in [0.3, 0.4) is 0 Å². The highest BCUT2D eigenvalue weighted by molar-refractivity contribution is 7.89. The predicted octanol–water partition coefficient (Wildman–Crippen LogP) is 2.81. The van der Waals surface area contributed by atoms with Crippen LogP contribution in [0.2, 0.25) is 0 Å². The molecule has 168 valence electrons. The highest BCUT2D eigenvalue weighted by Gasteiger charge is 2.27. The van der Waals surface area contributed by atoms with Crippen molar-refractivity contribution in [3.63, 3.8) is 0 Å². The lowest BCUT2D eigenvalue weighted by atomic mass is 10.2. The van der Waals surface area contributed by atoms with Crippen LogP contribution >= 0.6 is 0 Å². The van der Waals surface area contributed by atoms with E-state index in [0.29, 0.717) is 5.56 Å². The lowest BCUT2D eigenvalue weighted by molar-refractivity contribution is -0.133. The highest BCUT2D eigenvalue weighted by Crippen LogP contribution is 2.21. The predicted molar refractivity (Wildman–Crippen MR) is 110 cm³/mol. The molecule has 0 heterocycles. The molecule has 2 aromatic rings. The van der Waals surface area contributed by atoms with E-state index in [1.165, 1.54) is 30.1 Å². The number of hydrogen-bond acceptors (Lipinski definition) is 5. The minimum atomic E-state index is -4.13. The van der Waals surface area contributed by atoms with Gasteiger partial charge in [-0.05, 0) is 35.9 Å². The van der Waals surface area contributed by atoms with Crippen molar-refractivity contribution in [1.82, 2.24) is 9.21 Å². The third-order valence-corrected chi connectivity index (χ3v) is 6.62. The van der Waals surface area contributed by atoms with Gasteiger partial charge in [-0.1, -0.05) is 26.0 Å². The number of rotatable bonds is 9. The van der Waals surface area contributed by atoms with E-state index in [4.69, 9.17) is 4.74 Å². The molecule has 2 rings (SSSR count). The van der Waals surface area contributed by atoms with Crippen molar-refractivity contribution in [2.45, 2.75) is 25.3 Å². The number of ether oxygens (including phenoxy) is 1. The van der Waals surface area contributed by atoms with Crippen molar-refractivity contribution in [1.29, 1.82) is 0 Å². The molecule has 0 spiro atoms. The lowest BCUT2D eigenvalue weighted by Crippen LogP contribution is -2.32. The lowest BCUT2D eigenvalue weighted by Gasteiger charge is -2.19. The van der Waals surface area contributed by atoms with Gasteiger partial charge in [-0.2, -0.15) is 4.31 Å². The van der Waals surface area contributed by atoms with Crippen LogP contribution in [-0.4, -0.2) is 56.2 Å². The zero-order valence-electron chi connectivity index (χ0n) is 17.5. The molecule has 0 atom stereocenters. The van der Waals surface area contributed by atoms with Crippen molar-refractivity contribution in [2.24, 2.45) is 0 Å². The molecule has 0 N–H and O–H groups in total. The topological polar surface area (TPSA) is 84.0 Å². The van der Waals surface area contributed by atoms with Gasteiger partial charge >= 0.3 is 5.97 Å². The van der Waals surface area contributed by atoms with E-state index in [1.807, 2.05) is 0 Å². The monoisotopic (exact) mass is 454 g/mol. The van der Waals surface area contributed by atoms with Crippen molar-refractivity contribution in [2.75, 3.05) is 26.7 Å². The number of hydrogen-bond donors (Lipinski definition) is 0. The molecule has 0 fully saturated rings. The second kappa shape index (κ2) is 10.5. The number of halogens is 2. The first-order valence-corrected chi connectivity index (χ1v) is 11.0. The molecule has 2 aromatic carbocycles. The van der Waals surface area contributed by atoms with E-state index in [9.17, 15) is 26.8 Å². The number of esters is 1. The molecule has 31 heavy (non-hydrogen) atoms. The zero-order chi connectivity index (χ0) is 23.2. The maximum atomic E-state index is 14.2. The van der Waals surface area contributed by atoms with Crippen molar-refractivity contribution in [3.8, 4) is 0 Å². The Morgan fingerprint density at radius 1 is 1.03 bits per heavy atom. The Balaban J connectivity index is 2.08. The molecule has 0 saturated heterocycles. The molecular formula is C21H24F2N2O5S. The van der Waals surface area contributed by atoms with Crippen LogP contribution in [0.15, 0.2) is 47.4 Å². The number of nitrogens with zero attached hydrogens (tertiary/aromatic N) is 2. The molecule has 10 heteroatoms. The molecule has 0 aromatic heterocycles. The Hall–Kier alpha value is -2.85. The molecule has 0 saturated carbocycles. The van der Waals surface area contributed by atoms with E-state index >= 15 is 0 Å². The molecule has 0 aliphatic rings. The molecule has 0 aliphatic heterocycles. The summed E-state index contributed by atoms with van der Waals surface area (Å²) in [6, 6.07) is 8.57. The normalized spacial score (nSPS) is 11.4. The van der Waals surface area contributed by atoms with Crippen LogP contribution in [0.1, 0.15) is 29.8 Å². The van der Waals surface area contributed by atoms with Crippen LogP contribution in [0, 0.1) is 11.6 Å². The second-order valence-electron chi connectivity index (χ2n) is 6.69. The minimum Gasteiger partial charge on any atom is -0.452 e. The maximum Gasteiger partial charge on any atom is 0.338 e. The minimum absolute atomic E-state index is 0.108. The van der Waals surface area contributed by atoms with Crippen molar-refractivity contribution in [3.05, 3.63) is 65.2 Å². The summed E-state index contributed by atoms with van der Waals surface area (Å²) in [5.41, 5.74) is 0.361. The van der Waals surface area contributed by atoms with E-state index in [1.54, 1.807) is 19.9 Å². The molecule has 0 bridgehead atoms. The fourth-order valence-electron chi connectivity index (χ4n) is 2.85. The Labute approximate surface area is 180 Å². The molecule has 7 nitrogen and oxygen atoms in total. The fraction of sp³-hybridized carbons (Fsp3) is 0.333.